The van der Waals surface area contributed by atoms with E-state index in [-0.39, 0.29) is 17.9 Å². The second-order valence-corrected chi connectivity index (χ2v) is 9.06. The zero-order chi connectivity index (χ0) is 22.9. The summed E-state index contributed by atoms with van der Waals surface area (Å²) in [4.78, 5) is 15.1. The van der Waals surface area contributed by atoms with Crippen molar-refractivity contribution in [2.75, 3.05) is 26.2 Å². The van der Waals surface area contributed by atoms with Crippen LogP contribution < -0.4 is 5.32 Å². The lowest BCUT2D eigenvalue weighted by atomic mass is 9.86. The molecule has 1 aliphatic rings. The van der Waals surface area contributed by atoms with Gasteiger partial charge in [0.2, 0.25) is 5.91 Å². The fourth-order valence-corrected chi connectivity index (χ4v) is 4.91. The van der Waals surface area contributed by atoms with Gasteiger partial charge in [-0.2, -0.15) is 0 Å². The van der Waals surface area contributed by atoms with Crippen LogP contribution in [0.15, 0.2) is 36.4 Å². The molecule has 1 fully saturated rings. The van der Waals surface area contributed by atoms with Gasteiger partial charge in [-0.05, 0) is 93.8 Å². The minimum atomic E-state index is -0.523. The second kappa shape index (κ2) is 12.1. The number of carbonyl (C=O) groups excluding carboxylic acids is 1. The molecule has 1 saturated heterocycles. The summed E-state index contributed by atoms with van der Waals surface area (Å²) in [7, 11) is 0. The van der Waals surface area contributed by atoms with Crippen LogP contribution in [0.4, 0.5) is 8.78 Å². The Hall–Kier alpha value is -2.27. The highest BCUT2D eigenvalue weighted by Gasteiger charge is 2.22. The highest BCUT2D eigenvalue weighted by Crippen LogP contribution is 2.29. The van der Waals surface area contributed by atoms with E-state index in [0.29, 0.717) is 25.3 Å². The predicted molar refractivity (Wildman–Crippen MR) is 126 cm³/mol. The van der Waals surface area contributed by atoms with Gasteiger partial charge in [-0.15, -0.1) is 0 Å². The summed E-state index contributed by atoms with van der Waals surface area (Å²) >= 11 is 0. The van der Waals surface area contributed by atoms with E-state index in [0.717, 1.165) is 26.1 Å². The molecule has 0 bridgehead atoms. The van der Waals surface area contributed by atoms with Crippen LogP contribution in [0.2, 0.25) is 0 Å². The molecule has 1 heterocycles. The van der Waals surface area contributed by atoms with Crippen molar-refractivity contribution in [3.8, 4) is 0 Å². The summed E-state index contributed by atoms with van der Waals surface area (Å²) in [6.07, 6.45) is 5.86. The first-order chi connectivity index (χ1) is 15.5. The number of nitrogens with one attached hydrogen (secondary N) is 1. The summed E-state index contributed by atoms with van der Waals surface area (Å²) in [6, 6.07) is 10.3. The molecule has 3 nitrogen and oxygen atoms in total. The maximum atomic E-state index is 13.7. The van der Waals surface area contributed by atoms with Gasteiger partial charge in [0.15, 0.2) is 0 Å². The van der Waals surface area contributed by atoms with Crippen molar-refractivity contribution in [1.29, 1.82) is 0 Å². The molecule has 1 N–H and O–H groups in total. The molecule has 0 aliphatic carbocycles. The van der Waals surface area contributed by atoms with E-state index in [1.54, 1.807) is 0 Å². The number of halogens is 2. The number of likely N-dealkylation sites (tertiary alicyclic amines) is 1. The van der Waals surface area contributed by atoms with Gasteiger partial charge in [0, 0.05) is 25.1 Å². The molecule has 0 spiro atoms. The third kappa shape index (κ3) is 6.86. The summed E-state index contributed by atoms with van der Waals surface area (Å²) in [5.41, 5.74) is 4.05. The topological polar surface area (TPSA) is 32.3 Å². The molecule has 32 heavy (non-hydrogen) atoms. The Morgan fingerprint density at radius 1 is 1.00 bits per heavy atom. The fourth-order valence-electron chi connectivity index (χ4n) is 4.91. The van der Waals surface area contributed by atoms with Crippen molar-refractivity contribution in [1.82, 2.24) is 10.2 Å². The molecule has 5 heteroatoms. The minimum absolute atomic E-state index is 0.00823. The van der Waals surface area contributed by atoms with Crippen LogP contribution in [-0.2, 0) is 11.2 Å². The van der Waals surface area contributed by atoms with E-state index >= 15 is 0 Å². The number of hydrogen-bond acceptors (Lipinski definition) is 2. The van der Waals surface area contributed by atoms with Crippen LogP contribution in [0, 0.1) is 25.5 Å². The molecule has 1 aliphatic heterocycles. The maximum absolute atomic E-state index is 13.7. The molecular formula is C27H36F2N2O. The number of carbonyl (C=O) groups is 1. The fraction of sp³-hybridized carbons (Fsp3) is 0.519. The number of rotatable bonds is 10. The smallest absolute Gasteiger partial charge is 0.220 e. The van der Waals surface area contributed by atoms with Gasteiger partial charge < -0.3 is 10.2 Å². The number of piperidine rings is 1. The van der Waals surface area contributed by atoms with Crippen LogP contribution in [0.3, 0.4) is 0 Å². The van der Waals surface area contributed by atoms with E-state index in [4.69, 9.17) is 0 Å². The summed E-state index contributed by atoms with van der Waals surface area (Å²) in [5.74, 6) is -0.711. The zero-order valence-electron chi connectivity index (χ0n) is 19.4. The summed E-state index contributed by atoms with van der Waals surface area (Å²) < 4.78 is 27.5. The van der Waals surface area contributed by atoms with Crippen molar-refractivity contribution in [3.05, 3.63) is 70.3 Å². The van der Waals surface area contributed by atoms with E-state index in [9.17, 15) is 13.6 Å². The minimum Gasteiger partial charge on any atom is -0.356 e. The molecule has 3 rings (SSSR count). The Kier molecular flexibility index (Phi) is 9.22. The Labute approximate surface area is 191 Å². The standard InChI is InChI=1S/C27H36F2N2O/c1-20-9-6-10-21(2)27(20)22(19-31-17-4-3-5-18-31)14-15-26(32)30-16-8-11-23-24(28)12-7-13-25(23)29/h6-7,9-10,12-13,22H,3-5,8,11,14-19H2,1-2H3,(H,30,32). The first kappa shape index (κ1) is 24.4. The van der Waals surface area contributed by atoms with Crippen LogP contribution in [0.1, 0.15) is 66.7 Å². The number of benzene rings is 2. The van der Waals surface area contributed by atoms with E-state index in [1.165, 1.54) is 54.2 Å². The van der Waals surface area contributed by atoms with E-state index in [2.05, 4.69) is 42.3 Å². The van der Waals surface area contributed by atoms with E-state index in [1.807, 2.05) is 0 Å². The Balaban J connectivity index is 1.52. The normalized spacial score (nSPS) is 15.5. The second-order valence-electron chi connectivity index (χ2n) is 9.06. The van der Waals surface area contributed by atoms with Gasteiger partial charge in [-0.3, -0.25) is 4.79 Å². The average Bonchev–Trinajstić information content (AvgIpc) is 2.77. The lowest BCUT2D eigenvalue weighted by Crippen LogP contribution is -2.34. The molecule has 1 amide bonds. The molecule has 0 saturated carbocycles. The Morgan fingerprint density at radius 3 is 2.28 bits per heavy atom. The van der Waals surface area contributed by atoms with Gasteiger partial charge in [0.25, 0.3) is 0 Å². The van der Waals surface area contributed by atoms with Crippen LogP contribution >= 0.6 is 0 Å². The number of hydrogen-bond donors (Lipinski definition) is 1. The third-order valence-electron chi connectivity index (χ3n) is 6.58. The van der Waals surface area contributed by atoms with Crippen molar-refractivity contribution in [2.45, 2.75) is 64.7 Å². The van der Waals surface area contributed by atoms with Gasteiger partial charge >= 0.3 is 0 Å². The molecule has 174 valence electrons. The molecule has 2 aromatic carbocycles. The SMILES string of the molecule is Cc1cccc(C)c1C(CCC(=O)NCCCc1c(F)cccc1F)CN1CCCCC1. The van der Waals surface area contributed by atoms with E-state index < -0.39 is 11.6 Å². The molecule has 0 radical (unpaired) electrons. The van der Waals surface area contributed by atoms with Crippen molar-refractivity contribution in [3.63, 3.8) is 0 Å². The van der Waals surface area contributed by atoms with Crippen molar-refractivity contribution in [2.24, 2.45) is 0 Å². The highest BCUT2D eigenvalue weighted by molar-refractivity contribution is 5.75. The summed E-state index contributed by atoms with van der Waals surface area (Å²) in [6.45, 7) is 8.01. The zero-order valence-corrected chi connectivity index (χ0v) is 19.4. The van der Waals surface area contributed by atoms with Gasteiger partial charge in [0.05, 0.1) is 0 Å². The number of nitrogens with zero attached hydrogens (tertiary/aromatic N) is 1. The molecule has 0 aromatic heterocycles. The molecule has 2 aromatic rings. The number of aryl methyl sites for hydroxylation is 2. The first-order valence-electron chi connectivity index (χ1n) is 11.9. The predicted octanol–water partition coefficient (Wildman–Crippen LogP) is 5.68. The lowest BCUT2D eigenvalue weighted by molar-refractivity contribution is -0.121. The quantitative estimate of drug-likeness (QED) is 0.480. The highest BCUT2D eigenvalue weighted by atomic mass is 19.1. The van der Waals surface area contributed by atoms with Crippen LogP contribution in [0.5, 0.6) is 0 Å². The first-order valence-corrected chi connectivity index (χ1v) is 11.9. The molecular weight excluding hydrogens is 406 g/mol. The maximum Gasteiger partial charge on any atom is 0.220 e. The van der Waals surface area contributed by atoms with Gasteiger partial charge in [0.1, 0.15) is 11.6 Å². The van der Waals surface area contributed by atoms with Crippen molar-refractivity contribution >= 4 is 5.91 Å². The lowest BCUT2D eigenvalue weighted by Gasteiger charge is -2.32. The average molecular weight is 443 g/mol. The van der Waals surface area contributed by atoms with Crippen LogP contribution in [0.25, 0.3) is 0 Å². The van der Waals surface area contributed by atoms with Gasteiger partial charge in [-0.1, -0.05) is 30.7 Å². The van der Waals surface area contributed by atoms with Crippen molar-refractivity contribution < 1.29 is 13.6 Å². The number of amides is 1. The Bertz CT molecular complexity index is 853. The monoisotopic (exact) mass is 442 g/mol. The summed E-state index contributed by atoms with van der Waals surface area (Å²) in [5, 5.41) is 2.93. The Morgan fingerprint density at radius 2 is 1.62 bits per heavy atom. The van der Waals surface area contributed by atoms with Gasteiger partial charge in [-0.25, -0.2) is 8.78 Å². The largest absolute Gasteiger partial charge is 0.356 e. The molecule has 1 unspecified atom stereocenters. The van der Waals surface area contributed by atoms with Crippen LogP contribution in [-0.4, -0.2) is 37.0 Å². The molecule has 1 atom stereocenters. The third-order valence-corrected chi connectivity index (χ3v) is 6.58.